The van der Waals surface area contributed by atoms with Gasteiger partial charge >= 0.3 is 0 Å². The number of anilines is 3. The Bertz CT molecular complexity index is 1540. The molecule has 1 heterocycles. The topological polar surface area (TPSA) is 20.3 Å². The van der Waals surface area contributed by atoms with Crippen molar-refractivity contribution in [3.8, 4) is 22.3 Å². The van der Waals surface area contributed by atoms with Crippen LogP contribution in [0.2, 0.25) is 0 Å². The van der Waals surface area contributed by atoms with Gasteiger partial charge in [0.1, 0.15) is 0 Å². The van der Waals surface area contributed by atoms with Crippen molar-refractivity contribution >= 4 is 34.6 Å². The standard InChI is InChI=1S/C35H29NOS/c1-2-3-13-33(37)29-10-8-9-28(24-29)27-18-16-25(17-19-27)26-20-22-30(23-21-26)36-31-11-4-6-14-34(31)38-35-15-7-5-12-32(35)36/h4-12,14-24H,2-3,13H2,1H3. The van der Waals surface area contributed by atoms with Crippen molar-refractivity contribution in [3.63, 3.8) is 0 Å². The predicted molar refractivity (Wildman–Crippen MR) is 160 cm³/mol. The number of Topliss-reactive ketones (excluding diaryl/α,β-unsaturated/α-hetero) is 1. The van der Waals surface area contributed by atoms with Gasteiger partial charge in [-0.2, -0.15) is 0 Å². The Labute approximate surface area is 229 Å². The molecule has 0 atom stereocenters. The molecule has 1 aliphatic rings. The zero-order valence-electron chi connectivity index (χ0n) is 21.4. The van der Waals surface area contributed by atoms with Crippen LogP contribution in [-0.2, 0) is 0 Å². The van der Waals surface area contributed by atoms with E-state index in [1.54, 1.807) is 0 Å². The van der Waals surface area contributed by atoms with E-state index in [1.165, 1.54) is 32.3 Å². The maximum Gasteiger partial charge on any atom is 0.162 e. The van der Waals surface area contributed by atoms with Gasteiger partial charge in [-0.05, 0) is 71.1 Å². The van der Waals surface area contributed by atoms with Crippen LogP contribution < -0.4 is 4.90 Å². The lowest BCUT2D eigenvalue weighted by molar-refractivity contribution is 0.0980. The molecule has 2 nitrogen and oxygen atoms in total. The first-order chi connectivity index (χ1) is 18.7. The molecular formula is C35H29NOS. The maximum atomic E-state index is 12.5. The highest BCUT2D eigenvalue weighted by atomic mass is 32.2. The van der Waals surface area contributed by atoms with Crippen molar-refractivity contribution in [2.45, 2.75) is 36.0 Å². The molecule has 1 aliphatic heterocycles. The largest absolute Gasteiger partial charge is 0.308 e. The summed E-state index contributed by atoms with van der Waals surface area (Å²) in [5, 5.41) is 0. The van der Waals surface area contributed by atoms with Gasteiger partial charge in [-0.25, -0.2) is 0 Å². The molecule has 0 amide bonds. The molecule has 0 saturated heterocycles. The maximum absolute atomic E-state index is 12.5. The molecule has 0 aliphatic carbocycles. The molecule has 3 heteroatoms. The molecule has 0 aromatic heterocycles. The lowest BCUT2D eigenvalue weighted by atomic mass is 9.97. The highest BCUT2D eigenvalue weighted by molar-refractivity contribution is 7.99. The van der Waals surface area contributed by atoms with E-state index >= 15 is 0 Å². The fourth-order valence-electron chi connectivity index (χ4n) is 4.99. The molecule has 5 aromatic rings. The highest BCUT2D eigenvalue weighted by Gasteiger charge is 2.24. The number of carbonyl (C=O) groups is 1. The van der Waals surface area contributed by atoms with E-state index in [0.29, 0.717) is 6.42 Å². The molecule has 38 heavy (non-hydrogen) atoms. The fourth-order valence-corrected chi connectivity index (χ4v) is 6.05. The Morgan fingerprint density at radius 1 is 0.632 bits per heavy atom. The van der Waals surface area contributed by atoms with Gasteiger partial charge in [0, 0.05) is 27.5 Å². The first-order valence-corrected chi connectivity index (χ1v) is 14.0. The third-order valence-corrected chi connectivity index (χ3v) is 8.18. The summed E-state index contributed by atoms with van der Waals surface area (Å²) >= 11 is 1.83. The number of nitrogens with zero attached hydrogens (tertiary/aromatic N) is 1. The molecule has 186 valence electrons. The quantitative estimate of drug-likeness (QED) is 0.199. The van der Waals surface area contributed by atoms with Gasteiger partial charge in [0.2, 0.25) is 0 Å². The van der Waals surface area contributed by atoms with Gasteiger partial charge < -0.3 is 4.90 Å². The molecule has 5 aromatic carbocycles. The lowest BCUT2D eigenvalue weighted by Gasteiger charge is -2.32. The van der Waals surface area contributed by atoms with Crippen LogP contribution in [0.15, 0.2) is 131 Å². The van der Waals surface area contributed by atoms with Gasteiger partial charge in [0.05, 0.1) is 11.4 Å². The van der Waals surface area contributed by atoms with Gasteiger partial charge in [-0.1, -0.05) is 104 Å². The Balaban J connectivity index is 1.26. The zero-order chi connectivity index (χ0) is 25.9. The van der Waals surface area contributed by atoms with Gasteiger partial charge in [0.25, 0.3) is 0 Å². The van der Waals surface area contributed by atoms with Crippen LogP contribution in [0, 0.1) is 0 Å². The van der Waals surface area contributed by atoms with Gasteiger partial charge in [-0.3, -0.25) is 4.79 Å². The number of hydrogen-bond donors (Lipinski definition) is 0. The van der Waals surface area contributed by atoms with Crippen LogP contribution in [0.4, 0.5) is 17.1 Å². The van der Waals surface area contributed by atoms with E-state index in [0.717, 1.165) is 35.2 Å². The number of benzene rings is 5. The van der Waals surface area contributed by atoms with Crippen molar-refractivity contribution in [3.05, 3.63) is 127 Å². The number of ketones is 1. The summed E-state index contributed by atoms with van der Waals surface area (Å²) in [5.74, 6) is 0.225. The first-order valence-electron chi connectivity index (χ1n) is 13.2. The van der Waals surface area contributed by atoms with Crippen LogP contribution in [0.25, 0.3) is 22.3 Å². The second-order valence-corrected chi connectivity index (χ2v) is 10.7. The van der Waals surface area contributed by atoms with Crippen LogP contribution >= 0.6 is 11.8 Å². The van der Waals surface area contributed by atoms with Crippen LogP contribution in [0.1, 0.15) is 36.5 Å². The molecule has 0 spiro atoms. The minimum atomic E-state index is 0.225. The van der Waals surface area contributed by atoms with Gasteiger partial charge in [0.15, 0.2) is 5.78 Å². The van der Waals surface area contributed by atoms with E-state index in [-0.39, 0.29) is 5.78 Å². The second kappa shape index (κ2) is 10.7. The monoisotopic (exact) mass is 511 g/mol. The average molecular weight is 512 g/mol. The molecule has 0 N–H and O–H groups in total. The van der Waals surface area contributed by atoms with Crippen molar-refractivity contribution < 1.29 is 4.79 Å². The summed E-state index contributed by atoms with van der Waals surface area (Å²) in [6, 6.07) is 42.6. The third-order valence-electron chi connectivity index (χ3n) is 7.05. The van der Waals surface area contributed by atoms with Crippen LogP contribution in [0.3, 0.4) is 0 Å². The normalized spacial score (nSPS) is 12.1. The average Bonchev–Trinajstić information content (AvgIpc) is 2.99. The molecule has 0 saturated carbocycles. The summed E-state index contributed by atoms with van der Waals surface area (Å²) < 4.78 is 0. The van der Waals surface area contributed by atoms with E-state index in [4.69, 9.17) is 0 Å². The summed E-state index contributed by atoms with van der Waals surface area (Å²) in [6.07, 6.45) is 2.58. The van der Waals surface area contributed by atoms with Gasteiger partial charge in [-0.15, -0.1) is 0 Å². The molecule has 0 unspecified atom stereocenters. The molecule has 0 fully saturated rings. The number of carbonyl (C=O) groups excluding carboxylic acids is 1. The van der Waals surface area contributed by atoms with Crippen LogP contribution in [-0.4, -0.2) is 5.78 Å². The SMILES string of the molecule is CCCCC(=O)c1cccc(-c2ccc(-c3ccc(N4c5ccccc5Sc5ccccc54)cc3)cc2)c1. The molecule has 6 rings (SSSR count). The highest BCUT2D eigenvalue weighted by Crippen LogP contribution is 2.51. The first kappa shape index (κ1) is 24.3. The number of fused-ring (bicyclic) bond motifs is 2. The van der Waals surface area contributed by atoms with Crippen molar-refractivity contribution in [2.24, 2.45) is 0 Å². The molecule has 0 radical (unpaired) electrons. The van der Waals surface area contributed by atoms with Crippen molar-refractivity contribution in [2.75, 3.05) is 4.90 Å². The molecule has 0 bridgehead atoms. The molecular weight excluding hydrogens is 482 g/mol. The minimum absolute atomic E-state index is 0.225. The van der Waals surface area contributed by atoms with Crippen molar-refractivity contribution in [1.29, 1.82) is 0 Å². The number of hydrogen-bond acceptors (Lipinski definition) is 3. The van der Waals surface area contributed by atoms with E-state index in [9.17, 15) is 4.79 Å². The van der Waals surface area contributed by atoms with Crippen molar-refractivity contribution in [1.82, 2.24) is 0 Å². The second-order valence-electron chi connectivity index (χ2n) is 9.60. The number of rotatable bonds is 7. The smallest absolute Gasteiger partial charge is 0.162 e. The Kier molecular flexibility index (Phi) is 6.85. The Hall–Kier alpha value is -4.08. The fraction of sp³-hybridized carbons (Fsp3) is 0.114. The third kappa shape index (κ3) is 4.78. The summed E-state index contributed by atoms with van der Waals surface area (Å²) in [6.45, 7) is 2.11. The van der Waals surface area contributed by atoms with Crippen LogP contribution in [0.5, 0.6) is 0 Å². The Morgan fingerprint density at radius 2 is 1.18 bits per heavy atom. The number of unbranched alkanes of at least 4 members (excludes halogenated alkanes) is 1. The summed E-state index contributed by atoms with van der Waals surface area (Å²) in [5.41, 5.74) is 8.92. The summed E-state index contributed by atoms with van der Waals surface area (Å²) in [4.78, 5) is 17.4. The summed E-state index contributed by atoms with van der Waals surface area (Å²) in [7, 11) is 0. The zero-order valence-corrected chi connectivity index (χ0v) is 22.2. The van der Waals surface area contributed by atoms with E-state index in [2.05, 4.69) is 115 Å². The minimum Gasteiger partial charge on any atom is -0.308 e. The lowest BCUT2D eigenvalue weighted by Crippen LogP contribution is -2.14. The van der Waals surface area contributed by atoms with E-state index in [1.807, 2.05) is 30.0 Å². The number of para-hydroxylation sites is 2. The Morgan fingerprint density at radius 3 is 1.79 bits per heavy atom. The van der Waals surface area contributed by atoms with E-state index < -0.39 is 0 Å². The predicted octanol–water partition coefficient (Wildman–Crippen LogP) is 10.3.